The molecule has 0 fully saturated rings. The van der Waals surface area contributed by atoms with Crippen molar-refractivity contribution in [2.24, 2.45) is 0 Å². The van der Waals surface area contributed by atoms with Crippen LogP contribution in [0.25, 0.3) is 0 Å². The number of para-hydroxylation sites is 2. The van der Waals surface area contributed by atoms with Gasteiger partial charge in [0.1, 0.15) is 18.1 Å². The molecule has 128 valence electrons. The Balaban J connectivity index is 1.73. The molecule has 0 atom stereocenters. The Morgan fingerprint density at radius 2 is 1.96 bits per heavy atom. The van der Waals surface area contributed by atoms with E-state index in [2.05, 4.69) is 5.32 Å². The first-order chi connectivity index (χ1) is 12.2. The maximum absolute atomic E-state index is 13.8. The van der Waals surface area contributed by atoms with Gasteiger partial charge in [-0.3, -0.25) is 4.79 Å². The number of rotatable bonds is 6. The molecule has 0 saturated heterocycles. The molecule has 0 aliphatic rings. The number of halogens is 1. The highest BCUT2D eigenvalue weighted by atomic mass is 19.1. The molecular weight excluding hydrogens is 325 g/mol. The van der Waals surface area contributed by atoms with E-state index in [1.165, 1.54) is 19.2 Å². The second-order valence-corrected chi connectivity index (χ2v) is 5.17. The van der Waals surface area contributed by atoms with E-state index in [1.807, 2.05) is 0 Å². The van der Waals surface area contributed by atoms with Crippen molar-refractivity contribution >= 4 is 11.6 Å². The molecule has 0 bridgehead atoms. The first-order valence-electron chi connectivity index (χ1n) is 7.56. The Hall–Kier alpha value is -3.28. The summed E-state index contributed by atoms with van der Waals surface area (Å²) in [5.74, 6) is 0.187. The second-order valence-electron chi connectivity index (χ2n) is 5.17. The minimum atomic E-state index is -0.600. The molecule has 3 rings (SSSR count). The Labute approximate surface area is 144 Å². The van der Waals surface area contributed by atoms with Crippen LogP contribution in [-0.2, 0) is 6.61 Å². The van der Waals surface area contributed by atoms with Crippen LogP contribution in [0, 0.1) is 5.82 Å². The van der Waals surface area contributed by atoms with Crippen molar-refractivity contribution < 1.29 is 23.1 Å². The number of anilines is 1. The fourth-order valence-corrected chi connectivity index (χ4v) is 2.24. The second kappa shape index (κ2) is 7.53. The number of hydrogen-bond donors (Lipinski definition) is 1. The summed E-state index contributed by atoms with van der Waals surface area (Å²) in [5.41, 5.74) is 0.661. The molecule has 1 amide bonds. The standard InChI is InChI=1S/C19H16FNO4/c1-23-17-9-8-13(11-15(17)20)19(22)21-16-6-2-3-7-18(16)25-12-14-5-4-10-24-14/h2-11H,12H2,1H3,(H,21,22). The molecule has 0 aliphatic heterocycles. The summed E-state index contributed by atoms with van der Waals surface area (Å²) in [5, 5.41) is 2.72. The summed E-state index contributed by atoms with van der Waals surface area (Å²) in [6.07, 6.45) is 1.56. The van der Waals surface area contributed by atoms with Gasteiger partial charge in [-0.1, -0.05) is 12.1 Å². The van der Waals surface area contributed by atoms with Gasteiger partial charge >= 0.3 is 0 Å². The number of methoxy groups -OCH3 is 1. The van der Waals surface area contributed by atoms with Crippen molar-refractivity contribution in [3.63, 3.8) is 0 Å². The molecule has 1 aromatic heterocycles. The van der Waals surface area contributed by atoms with Gasteiger partial charge in [-0.2, -0.15) is 0 Å². The molecule has 5 nitrogen and oxygen atoms in total. The van der Waals surface area contributed by atoms with Crippen LogP contribution in [0.4, 0.5) is 10.1 Å². The Morgan fingerprint density at radius 3 is 2.68 bits per heavy atom. The number of ether oxygens (including phenoxy) is 2. The van der Waals surface area contributed by atoms with Gasteiger partial charge in [0.2, 0.25) is 0 Å². The summed E-state index contributed by atoms with van der Waals surface area (Å²) in [7, 11) is 1.37. The predicted molar refractivity (Wildman–Crippen MR) is 90.4 cm³/mol. The molecule has 6 heteroatoms. The van der Waals surface area contributed by atoms with Gasteiger partial charge in [0.15, 0.2) is 11.6 Å². The van der Waals surface area contributed by atoms with Gasteiger partial charge in [-0.25, -0.2) is 4.39 Å². The van der Waals surface area contributed by atoms with Crippen LogP contribution in [-0.4, -0.2) is 13.0 Å². The molecule has 0 spiro atoms. The third kappa shape index (κ3) is 3.98. The highest BCUT2D eigenvalue weighted by Gasteiger charge is 2.13. The molecule has 3 aromatic rings. The number of carbonyl (C=O) groups excluding carboxylic acids is 1. The van der Waals surface area contributed by atoms with Crippen molar-refractivity contribution in [2.45, 2.75) is 6.61 Å². The zero-order chi connectivity index (χ0) is 17.6. The normalized spacial score (nSPS) is 10.3. The van der Waals surface area contributed by atoms with Crippen LogP contribution in [0.5, 0.6) is 11.5 Å². The van der Waals surface area contributed by atoms with Crippen LogP contribution in [0.3, 0.4) is 0 Å². The lowest BCUT2D eigenvalue weighted by Crippen LogP contribution is -2.13. The fraction of sp³-hybridized carbons (Fsp3) is 0.105. The number of hydrogen-bond acceptors (Lipinski definition) is 4. The maximum atomic E-state index is 13.8. The van der Waals surface area contributed by atoms with E-state index in [0.29, 0.717) is 17.2 Å². The number of nitrogens with one attached hydrogen (secondary N) is 1. The zero-order valence-corrected chi connectivity index (χ0v) is 13.5. The number of carbonyl (C=O) groups is 1. The average molecular weight is 341 g/mol. The molecular formula is C19H16FNO4. The summed E-state index contributed by atoms with van der Waals surface area (Å²) < 4.78 is 29.5. The molecule has 25 heavy (non-hydrogen) atoms. The summed E-state index contributed by atoms with van der Waals surface area (Å²) in [6, 6.07) is 14.6. The topological polar surface area (TPSA) is 60.7 Å². The lowest BCUT2D eigenvalue weighted by molar-refractivity contribution is 0.102. The van der Waals surface area contributed by atoms with Crippen molar-refractivity contribution in [1.29, 1.82) is 0 Å². The predicted octanol–water partition coefficient (Wildman–Crippen LogP) is 4.26. The Bertz CT molecular complexity index is 862. The molecule has 0 radical (unpaired) electrons. The molecule has 0 aliphatic carbocycles. The largest absolute Gasteiger partial charge is 0.494 e. The molecule has 2 aromatic carbocycles. The van der Waals surface area contributed by atoms with Crippen molar-refractivity contribution in [3.8, 4) is 11.5 Å². The fourth-order valence-electron chi connectivity index (χ4n) is 2.24. The monoisotopic (exact) mass is 341 g/mol. The average Bonchev–Trinajstić information content (AvgIpc) is 3.14. The van der Waals surface area contributed by atoms with Crippen molar-refractivity contribution in [1.82, 2.24) is 0 Å². The lowest BCUT2D eigenvalue weighted by atomic mass is 10.2. The van der Waals surface area contributed by atoms with Crippen LogP contribution in [0.1, 0.15) is 16.1 Å². The molecule has 0 saturated carbocycles. The van der Waals surface area contributed by atoms with E-state index in [9.17, 15) is 9.18 Å². The smallest absolute Gasteiger partial charge is 0.255 e. The van der Waals surface area contributed by atoms with E-state index in [-0.39, 0.29) is 17.9 Å². The first kappa shape index (κ1) is 16.6. The van der Waals surface area contributed by atoms with Crippen molar-refractivity contribution in [2.75, 3.05) is 12.4 Å². The SMILES string of the molecule is COc1ccc(C(=O)Nc2ccccc2OCc2ccco2)cc1F. The van der Waals surface area contributed by atoms with Crippen LogP contribution in [0.2, 0.25) is 0 Å². The van der Waals surface area contributed by atoms with E-state index in [4.69, 9.17) is 13.9 Å². The van der Waals surface area contributed by atoms with Gasteiger partial charge in [0.05, 0.1) is 19.1 Å². The van der Waals surface area contributed by atoms with Gasteiger partial charge in [-0.05, 0) is 42.5 Å². The third-order valence-corrected chi connectivity index (χ3v) is 3.50. The highest BCUT2D eigenvalue weighted by molar-refractivity contribution is 6.05. The zero-order valence-electron chi connectivity index (χ0n) is 13.5. The number of amides is 1. The molecule has 1 N–H and O–H groups in total. The molecule has 0 unspecified atom stereocenters. The quantitative estimate of drug-likeness (QED) is 0.728. The Morgan fingerprint density at radius 1 is 1.12 bits per heavy atom. The van der Waals surface area contributed by atoms with Crippen LogP contribution < -0.4 is 14.8 Å². The lowest BCUT2D eigenvalue weighted by Gasteiger charge is -2.12. The number of benzene rings is 2. The summed E-state index contributed by atoms with van der Waals surface area (Å²) in [6.45, 7) is 0.233. The molecule has 1 heterocycles. The third-order valence-electron chi connectivity index (χ3n) is 3.50. The van der Waals surface area contributed by atoms with Gasteiger partial charge in [0, 0.05) is 5.56 Å². The van der Waals surface area contributed by atoms with E-state index in [1.54, 1.807) is 42.7 Å². The number of furan rings is 1. The van der Waals surface area contributed by atoms with Gasteiger partial charge < -0.3 is 19.2 Å². The van der Waals surface area contributed by atoms with Crippen molar-refractivity contribution in [3.05, 3.63) is 78.0 Å². The summed E-state index contributed by atoms with van der Waals surface area (Å²) >= 11 is 0. The summed E-state index contributed by atoms with van der Waals surface area (Å²) in [4.78, 5) is 12.4. The minimum Gasteiger partial charge on any atom is -0.494 e. The van der Waals surface area contributed by atoms with E-state index >= 15 is 0 Å². The van der Waals surface area contributed by atoms with E-state index < -0.39 is 11.7 Å². The van der Waals surface area contributed by atoms with Crippen LogP contribution in [0.15, 0.2) is 65.3 Å². The first-order valence-corrected chi connectivity index (χ1v) is 7.56. The van der Waals surface area contributed by atoms with Gasteiger partial charge in [-0.15, -0.1) is 0 Å². The van der Waals surface area contributed by atoms with E-state index in [0.717, 1.165) is 6.07 Å². The van der Waals surface area contributed by atoms with Crippen LogP contribution >= 0.6 is 0 Å². The van der Waals surface area contributed by atoms with Gasteiger partial charge in [0.25, 0.3) is 5.91 Å². The minimum absolute atomic E-state index is 0.0822. The highest BCUT2D eigenvalue weighted by Crippen LogP contribution is 2.26. The maximum Gasteiger partial charge on any atom is 0.255 e. The Kier molecular flexibility index (Phi) is 4.99.